The molecule has 1 saturated heterocycles. The predicted octanol–water partition coefficient (Wildman–Crippen LogP) is 4.67. The first-order valence-corrected chi connectivity index (χ1v) is 10.6. The molecule has 0 spiro atoms. The topological polar surface area (TPSA) is 44.8 Å². The minimum atomic E-state index is -0.0255. The molecule has 0 aliphatic carbocycles. The Kier molecular flexibility index (Phi) is 7.12. The maximum Gasteiger partial charge on any atom is 0.322 e. The van der Waals surface area contributed by atoms with Crippen LogP contribution in [0, 0.1) is 0 Å². The molecule has 0 radical (unpaired) electrons. The number of urea groups is 1. The molecule has 2 heterocycles. The van der Waals surface area contributed by atoms with Gasteiger partial charge in [0.2, 0.25) is 0 Å². The van der Waals surface area contributed by atoms with Gasteiger partial charge in [0.1, 0.15) is 5.75 Å². The number of nitrogens with one attached hydrogen (secondary N) is 1. The van der Waals surface area contributed by atoms with Gasteiger partial charge in [0, 0.05) is 29.7 Å². The first-order chi connectivity index (χ1) is 13.2. The van der Waals surface area contributed by atoms with Crippen LogP contribution in [0.25, 0.3) is 0 Å². The van der Waals surface area contributed by atoms with Crippen molar-refractivity contribution in [3.8, 4) is 5.75 Å². The van der Waals surface area contributed by atoms with Crippen molar-refractivity contribution in [1.82, 2.24) is 9.80 Å². The second-order valence-electron chi connectivity index (χ2n) is 6.76. The Morgan fingerprint density at radius 3 is 2.56 bits per heavy atom. The van der Waals surface area contributed by atoms with Gasteiger partial charge in [-0.1, -0.05) is 13.0 Å². The number of benzene rings is 1. The van der Waals surface area contributed by atoms with Crippen molar-refractivity contribution < 1.29 is 9.53 Å². The number of ether oxygens (including phenoxy) is 1. The molecule has 1 aromatic carbocycles. The average Bonchev–Trinajstić information content (AvgIpc) is 3.21. The summed E-state index contributed by atoms with van der Waals surface area (Å²) in [6.07, 6.45) is 2.05. The summed E-state index contributed by atoms with van der Waals surface area (Å²) in [5, 5.41) is 5.14. The minimum Gasteiger partial charge on any atom is -0.494 e. The summed E-state index contributed by atoms with van der Waals surface area (Å²) in [5.41, 5.74) is 0.797. The van der Waals surface area contributed by atoms with Crippen LogP contribution in [0.15, 0.2) is 41.8 Å². The zero-order valence-corrected chi connectivity index (χ0v) is 17.0. The summed E-state index contributed by atoms with van der Waals surface area (Å²) in [6.45, 7) is 8.64. The molecular weight excluding hydrogens is 358 g/mol. The average molecular weight is 388 g/mol. The zero-order valence-electron chi connectivity index (χ0n) is 16.2. The van der Waals surface area contributed by atoms with Crippen LogP contribution >= 0.6 is 11.3 Å². The number of anilines is 1. The van der Waals surface area contributed by atoms with E-state index < -0.39 is 0 Å². The third-order valence-electron chi connectivity index (χ3n) is 5.03. The summed E-state index contributed by atoms with van der Waals surface area (Å²) in [6, 6.07) is 12.0. The van der Waals surface area contributed by atoms with E-state index in [4.69, 9.17) is 4.74 Å². The molecule has 27 heavy (non-hydrogen) atoms. The lowest BCUT2D eigenvalue weighted by molar-refractivity contribution is 0.127. The Morgan fingerprint density at radius 2 is 1.96 bits per heavy atom. The van der Waals surface area contributed by atoms with E-state index in [-0.39, 0.29) is 12.1 Å². The van der Waals surface area contributed by atoms with Gasteiger partial charge in [-0.05, 0) is 62.0 Å². The van der Waals surface area contributed by atoms with Crippen LogP contribution in [-0.4, -0.2) is 48.1 Å². The van der Waals surface area contributed by atoms with Crippen molar-refractivity contribution in [3.63, 3.8) is 0 Å². The predicted molar refractivity (Wildman–Crippen MR) is 112 cm³/mol. The lowest BCUT2D eigenvalue weighted by Crippen LogP contribution is -2.48. The van der Waals surface area contributed by atoms with Crippen LogP contribution in [0.4, 0.5) is 10.5 Å². The molecule has 146 valence electrons. The van der Waals surface area contributed by atoms with Gasteiger partial charge in [-0.15, -0.1) is 11.3 Å². The molecule has 0 unspecified atom stereocenters. The Bertz CT molecular complexity index is 695. The van der Waals surface area contributed by atoms with Gasteiger partial charge in [0.25, 0.3) is 0 Å². The number of likely N-dealkylation sites (tertiary alicyclic amines) is 1. The largest absolute Gasteiger partial charge is 0.494 e. The zero-order chi connectivity index (χ0) is 19.1. The van der Waals surface area contributed by atoms with Crippen LogP contribution in [0.3, 0.4) is 0 Å². The molecule has 2 amide bonds. The monoisotopic (exact) mass is 387 g/mol. The van der Waals surface area contributed by atoms with E-state index in [2.05, 4.69) is 28.6 Å². The highest BCUT2D eigenvalue weighted by atomic mass is 32.1. The Labute approximate surface area is 165 Å². The Hall–Kier alpha value is -2.05. The molecule has 1 aromatic heterocycles. The summed E-state index contributed by atoms with van der Waals surface area (Å²) in [5.74, 6) is 0.817. The third-order valence-corrected chi connectivity index (χ3v) is 5.89. The van der Waals surface area contributed by atoms with E-state index in [0.717, 1.165) is 43.9 Å². The molecule has 1 N–H and O–H groups in total. The normalized spacial score (nSPS) is 15.5. The van der Waals surface area contributed by atoms with E-state index in [1.165, 1.54) is 4.88 Å². The molecule has 1 aliphatic rings. The van der Waals surface area contributed by atoms with E-state index in [1.54, 1.807) is 11.3 Å². The first kappa shape index (κ1) is 19.7. The fourth-order valence-corrected chi connectivity index (χ4v) is 4.18. The van der Waals surface area contributed by atoms with Gasteiger partial charge in [-0.2, -0.15) is 0 Å². The van der Waals surface area contributed by atoms with Gasteiger partial charge in [0.05, 0.1) is 13.2 Å². The van der Waals surface area contributed by atoms with Crippen LogP contribution in [-0.2, 0) is 6.54 Å². The summed E-state index contributed by atoms with van der Waals surface area (Å²) in [4.78, 5) is 18.7. The molecule has 2 aromatic rings. The minimum absolute atomic E-state index is 0.0255. The van der Waals surface area contributed by atoms with Crippen molar-refractivity contribution in [1.29, 1.82) is 0 Å². The number of piperidine rings is 1. The quantitative estimate of drug-likeness (QED) is 0.751. The van der Waals surface area contributed by atoms with E-state index >= 15 is 0 Å². The lowest BCUT2D eigenvalue weighted by atomic mass is 10.0. The van der Waals surface area contributed by atoms with Crippen LogP contribution in [0.5, 0.6) is 5.75 Å². The summed E-state index contributed by atoms with van der Waals surface area (Å²) >= 11 is 1.70. The van der Waals surface area contributed by atoms with Crippen molar-refractivity contribution in [2.45, 2.75) is 39.3 Å². The maximum absolute atomic E-state index is 13.1. The molecule has 6 heteroatoms. The molecule has 5 nitrogen and oxygen atoms in total. The van der Waals surface area contributed by atoms with Crippen molar-refractivity contribution in [2.24, 2.45) is 0 Å². The van der Waals surface area contributed by atoms with Gasteiger partial charge < -0.3 is 19.9 Å². The maximum atomic E-state index is 13.1. The molecule has 0 atom stereocenters. The Balaban J connectivity index is 1.68. The van der Waals surface area contributed by atoms with Crippen LogP contribution in [0.1, 0.15) is 31.6 Å². The van der Waals surface area contributed by atoms with Crippen LogP contribution < -0.4 is 10.1 Å². The van der Waals surface area contributed by atoms with Gasteiger partial charge in [0.15, 0.2) is 0 Å². The SMILES string of the molecule is CCOc1ccc(NC(=O)N(Cc2cccs2)C2CCN(CC)CC2)cc1. The van der Waals surface area contributed by atoms with Crippen molar-refractivity contribution in [3.05, 3.63) is 46.7 Å². The Morgan fingerprint density at radius 1 is 1.22 bits per heavy atom. The van der Waals surface area contributed by atoms with Crippen molar-refractivity contribution >= 4 is 23.1 Å². The second kappa shape index (κ2) is 9.76. The third kappa shape index (κ3) is 5.47. The molecule has 3 rings (SSSR count). The fraction of sp³-hybridized carbons (Fsp3) is 0.476. The van der Waals surface area contributed by atoms with Gasteiger partial charge in [-0.3, -0.25) is 0 Å². The number of nitrogens with zero attached hydrogens (tertiary/aromatic N) is 2. The summed E-state index contributed by atoms with van der Waals surface area (Å²) in [7, 11) is 0. The van der Waals surface area contributed by atoms with Crippen LogP contribution in [0.2, 0.25) is 0 Å². The number of amides is 2. The number of thiophene rings is 1. The fourth-order valence-electron chi connectivity index (χ4n) is 3.48. The van der Waals surface area contributed by atoms with E-state index in [1.807, 2.05) is 42.2 Å². The molecular formula is C21H29N3O2S. The smallest absolute Gasteiger partial charge is 0.322 e. The molecule has 0 bridgehead atoms. The number of carbonyl (C=O) groups excluding carboxylic acids is 1. The number of hydrogen-bond donors (Lipinski definition) is 1. The number of hydrogen-bond acceptors (Lipinski definition) is 4. The first-order valence-electron chi connectivity index (χ1n) is 9.74. The number of carbonyl (C=O) groups is 1. The highest BCUT2D eigenvalue weighted by Gasteiger charge is 2.28. The van der Waals surface area contributed by atoms with Crippen molar-refractivity contribution in [2.75, 3.05) is 31.6 Å². The second-order valence-corrected chi connectivity index (χ2v) is 7.79. The molecule has 1 fully saturated rings. The highest BCUT2D eigenvalue weighted by molar-refractivity contribution is 7.09. The summed E-state index contributed by atoms with van der Waals surface area (Å²) < 4.78 is 5.47. The number of rotatable bonds is 7. The lowest BCUT2D eigenvalue weighted by Gasteiger charge is -2.38. The standard InChI is InChI=1S/C21H29N3O2S/c1-3-23-13-11-18(12-14-23)24(16-20-6-5-15-27-20)21(25)22-17-7-9-19(10-8-17)26-4-2/h5-10,15,18H,3-4,11-14,16H2,1-2H3,(H,22,25). The molecule has 1 aliphatic heterocycles. The van der Waals surface area contributed by atoms with Gasteiger partial charge in [-0.25, -0.2) is 4.79 Å². The highest BCUT2D eigenvalue weighted by Crippen LogP contribution is 2.23. The van der Waals surface area contributed by atoms with E-state index in [0.29, 0.717) is 13.2 Å². The van der Waals surface area contributed by atoms with Gasteiger partial charge >= 0.3 is 6.03 Å². The van der Waals surface area contributed by atoms with E-state index in [9.17, 15) is 4.79 Å². The molecule has 0 saturated carbocycles.